The lowest BCUT2D eigenvalue weighted by atomic mass is 10.2. The summed E-state index contributed by atoms with van der Waals surface area (Å²) in [6.45, 7) is 9.83. The largest absolute Gasteiger partial charge is 0.374 e. The molecule has 1 unspecified atom stereocenters. The molecule has 1 aromatic heterocycles. The number of nitrogens with one attached hydrogen (secondary N) is 1. The molecule has 2 heterocycles. The van der Waals surface area contributed by atoms with Crippen LogP contribution in [-0.2, 0) is 24.2 Å². The molecule has 1 N–H and O–H groups in total. The van der Waals surface area contributed by atoms with Crippen molar-refractivity contribution in [3.8, 4) is 0 Å². The van der Waals surface area contributed by atoms with Crippen molar-refractivity contribution in [1.29, 1.82) is 0 Å². The number of likely N-dealkylation sites (N-methyl/N-ethyl adjacent to an activating group) is 1. The van der Waals surface area contributed by atoms with Crippen molar-refractivity contribution in [1.82, 2.24) is 20.0 Å². The number of hydrogen-bond acceptors (Lipinski definition) is 4. The summed E-state index contributed by atoms with van der Waals surface area (Å²) in [5.74, 6) is 0. The van der Waals surface area contributed by atoms with Gasteiger partial charge in [-0.15, -0.1) is 0 Å². The zero-order chi connectivity index (χ0) is 14.5. The molecule has 2 rings (SSSR count). The first-order valence-corrected chi connectivity index (χ1v) is 8.21. The average molecular weight is 345 g/mol. The fourth-order valence-corrected chi connectivity index (χ4v) is 3.35. The normalized spacial score (nSPS) is 20.5. The highest BCUT2D eigenvalue weighted by Crippen LogP contribution is 2.24. The van der Waals surface area contributed by atoms with E-state index in [1.54, 1.807) is 0 Å². The third-order valence-corrected chi connectivity index (χ3v) is 4.64. The fourth-order valence-electron chi connectivity index (χ4n) is 2.66. The second-order valence-corrected chi connectivity index (χ2v) is 5.96. The van der Waals surface area contributed by atoms with Gasteiger partial charge in [0.25, 0.3) is 0 Å². The number of aryl methyl sites for hydroxylation is 2. The van der Waals surface area contributed by atoms with Gasteiger partial charge in [0.15, 0.2) is 0 Å². The predicted molar refractivity (Wildman–Crippen MR) is 83.9 cm³/mol. The summed E-state index contributed by atoms with van der Waals surface area (Å²) >= 11 is 3.72. The van der Waals surface area contributed by atoms with E-state index in [1.807, 2.05) is 7.05 Å². The van der Waals surface area contributed by atoms with Gasteiger partial charge in [-0.3, -0.25) is 9.58 Å². The Morgan fingerprint density at radius 2 is 2.25 bits per heavy atom. The first kappa shape index (κ1) is 15.9. The van der Waals surface area contributed by atoms with Crippen molar-refractivity contribution in [3.05, 3.63) is 15.9 Å². The van der Waals surface area contributed by atoms with Gasteiger partial charge in [-0.25, -0.2) is 0 Å². The van der Waals surface area contributed by atoms with Crippen LogP contribution in [-0.4, -0.2) is 54.1 Å². The lowest BCUT2D eigenvalue weighted by molar-refractivity contribution is -0.0299. The Hall–Kier alpha value is -0.430. The highest BCUT2D eigenvalue weighted by Gasteiger charge is 2.23. The molecule has 1 aliphatic heterocycles. The molecule has 1 aromatic rings. The maximum atomic E-state index is 5.76. The number of halogens is 1. The van der Waals surface area contributed by atoms with Crippen molar-refractivity contribution < 1.29 is 4.74 Å². The fraction of sp³-hybridized carbons (Fsp3) is 0.786. The Bertz CT molecular complexity index is 433. The predicted octanol–water partition coefficient (Wildman–Crippen LogP) is 1.65. The average Bonchev–Trinajstić information content (AvgIpc) is 2.76. The number of morpholine rings is 1. The van der Waals surface area contributed by atoms with Crippen LogP contribution >= 0.6 is 15.9 Å². The highest BCUT2D eigenvalue weighted by molar-refractivity contribution is 9.10. The van der Waals surface area contributed by atoms with Crippen LogP contribution in [0.25, 0.3) is 0 Å². The quantitative estimate of drug-likeness (QED) is 0.851. The molecule has 0 saturated carbocycles. The molecule has 0 bridgehead atoms. The molecule has 1 fully saturated rings. The summed E-state index contributed by atoms with van der Waals surface area (Å²) in [6, 6.07) is 0. The van der Waals surface area contributed by atoms with Crippen LogP contribution in [0.3, 0.4) is 0 Å². The summed E-state index contributed by atoms with van der Waals surface area (Å²) in [4.78, 5) is 2.46. The summed E-state index contributed by atoms with van der Waals surface area (Å²) < 4.78 is 9.06. The Morgan fingerprint density at radius 3 is 2.90 bits per heavy atom. The van der Waals surface area contributed by atoms with Gasteiger partial charge < -0.3 is 10.1 Å². The summed E-state index contributed by atoms with van der Waals surface area (Å²) in [5.41, 5.74) is 2.44. The van der Waals surface area contributed by atoms with E-state index >= 15 is 0 Å². The standard InChI is InChI=1S/C14H25BrN4O/c1-4-12-14(15)13(19(5-2)17-12)10-18-6-7-20-11(9-18)8-16-3/h11,16H,4-10H2,1-3H3. The molecule has 0 spiro atoms. The first-order valence-electron chi connectivity index (χ1n) is 7.42. The van der Waals surface area contributed by atoms with Gasteiger partial charge in [0, 0.05) is 32.7 Å². The molecule has 1 aliphatic rings. The van der Waals surface area contributed by atoms with Gasteiger partial charge in [-0.1, -0.05) is 6.92 Å². The second-order valence-electron chi connectivity index (χ2n) is 5.16. The minimum Gasteiger partial charge on any atom is -0.374 e. The van der Waals surface area contributed by atoms with Gasteiger partial charge in [0.2, 0.25) is 0 Å². The molecule has 1 saturated heterocycles. The Morgan fingerprint density at radius 1 is 1.45 bits per heavy atom. The zero-order valence-electron chi connectivity index (χ0n) is 12.7. The van der Waals surface area contributed by atoms with Gasteiger partial charge in [-0.2, -0.15) is 5.10 Å². The smallest absolute Gasteiger partial charge is 0.0826 e. The maximum Gasteiger partial charge on any atom is 0.0826 e. The van der Waals surface area contributed by atoms with Crippen LogP contribution in [0.15, 0.2) is 4.47 Å². The van der Waals surface area contributed by atoms with E-state index in [1.165, 1.54) is 10.2 Å². The van der Waals surface area contributed by atoms with Gasteiger partial charge in [-0.05, 0) is 36.3 Å². The molecule has 20 heavy (non-hydrogen) atoms. The van der Waals surface area contributed by atoms with E-state index < -0.39 is 0 Å². The number of hydrogen-bond donors (Lipinski definition) is 1. The maximum absolute atomic E-state index is 5.76. The molecular formula is C14H25BrN4O. The molecular weight excluding hydrogens is 320 g/mol. The summed E-state index contributed by atoms with van der Waals surface area (Å²) in [7, 11) is 1.97. The van der Waals surface area contributed by atoms with Crippen LogP contribution in [0.5, 0.6) is 0 Å². The topological polar surface area (TPSA) is 42.3 Å². The van der Waals surface area contributed by atoms with Crippen LogP contribution < -0.4 is 5.32 Å². The van der Waals surface area contributed by atoms with E-state index in [4.69, 9.17) is 4.74 Å². The highest BCUT2D eigenvalue weighted by atomic mass is 79.9. The molecule has 0 aliphatic carbocycles. The molecule has 6 heteroatoms. The molecule has 5 nitrogen and oxygen atoms in total. The van der Waals surface area contributed by atoms with E-state index in [0.29, 0.717) is 0 Å². The number of rotatable bonds is 6. The SMILES string of the molecule is CCc1nn(CC)c(CN2CCOC(CNC)C2)c1Br. The van der Waals surface area contributed by atoms with Crippen LogP contribution in [0.1, 0.15) is 25.2 Å². The van der Waals surface area contributed by atoms with Crippen molar-refractivity contribution in [3.63, 3.8) is 0 Å². The number of aromatic nitrogens is 2. The molecule has 0 radical (unpaired) electrons. The minimum atomic E-state index is 0.288. The Labute approximate surface area is 129 Å². The van der Waals surface area contributed by atoms with Gasteiger partial charge in [0.05, 0.1) is 28.6 Å². The van der Waals surface area contributed by atoms with E-state index in [-0.39, 0.29) is 6.10 Å². The minimum absolute atomic E-state index is 0.288. The number of ether oxygens (including phenoxy) is 1. The van der Waals surface area contributed by atoms with Crippen LogP contribution in [0, 0.1) is 0 Å². The van der Waals surface area contributed by atoms with Crippen molar-refractivity contribution in [2.24, 2.45) is 0 Å². The zero-order valence-corrected chi connectivity index (χ0v) is 14.2. The Balaban J connectivity index is 2.07. The van der Waals surface area contributed by atoms with Crippen molar-refractivity contribution in [2.75, 3.05) is 33.3 Å². The van der Waals surface area contributed by atoms with Crippen LogP contribution in [0.2, 0.25) is 0 Å². The molecule has 1 atom stereocenters. The van der Waals surface area contributed by atoms with Gasteiger partial charge in [0.1, 0.15) is 0 Å². The lowest BCUT2D eigenvalue weighted by Gasteiger charge is -2.32. The lowest BCUT2D eigenvalue weighted by Crippen LogP contribution is -2.45. The monoisotopic (exact) mass is 344 g/mol. The van der Waals surface area contributed by atoms with Crippen molar-refractivity contribution >= 4 is 15.9 Å². The summed E-state index contributed by atoms with van der Waals surface area (Å²) in [6.07, 6.45) is 1.25. The third-order valence-electron chi connectivity index (χ3n) is 3.72. The van der Waals surface area contributed by atoms with E-state index in [9.17, 15) is 0 Å². The molecule has 0 aromatic carbocycles. The van der Waals surface area contributed by atoms with E-state index in [0.717, 1.165) is 51.4 Å². The third kappa shape index (κ3) is 3.61. The molecule has 0 amide bonds. The number of nitrogens with zero attached hydrogens (tertiary/aromatic N) is 3. The van der Waals surface area contributed by atoms with Crippen molar-refractivity contribution in [2.45, 2.75) is 39.5 Å². The van der Waals surface area contributed by atoms with Gasteiger partial charge >= 0.3 is 0 Å². The first-order chi connectivity index (χ1) is 9.69. The second kappa shape index (κ2) is 7.54. The molecule has 114 valence electrons. The Kier molecular flexibility index (Phi) is 6.01. The van der Waals surface area contributed by atoms with Crippen LogP contribution in [0.4, 0.5) is 0 Å². The van der Waals surface area contributed by atoms with E-state index in [2.05, 4.69) is 49.8 Å². The summed E-state index contributed by atoms with van der Waals surface area (Å²) in [5, 5.41) is 7.86.